The zero-order chi connectivity index (χ0) is 30.8. The van der Waals surface area contributed by atoms with Crippen LogP contribution in [0, 0.1) is 22.7 Å². The topological polar surface area (TPSA) is 167 Å². The minimum Gasteiger partial charge on any atom is -0.480 e. The summed E-state index contributed by atoms with van der Waals surface area (Å²) in [6.07, 6.45) is 7.85. The molecule has 0 radical (unpaired) electrons. The Morgan fingerprint density at radius 1 is 1.15 bits per heavy atom. The molecule has 11 nitrogen and oxygen atoms in total. The van der Waals surface area contributed by atoms with Gasteiger partial charge in [-0.15, -0.1) is 0 Å². The van der Waals surface area contributed by atoms with Crippen molar-refractivity contribution in [1.82, 2.24) is 10.2 Å². The standard InChI is InChI=1S/C19H32N2O5.C10H16O4S/c1-4-8-14(19(25)26-5-2)20-12(3)17(22)21-15-10-7-6-9-13(15)11-16(21)18(23)24;1-9(2)7-3-4-10(9,8(11)5-7)6-15(12,13)14/h12-16,20H,4-11H2,1-3H3,(H,23,24);7H,3-6H2,1-2H3,(H,12,13,14)/t12-,13-,14-,15-,16-;/m0./s1. The highest BCUT2D eigenvalue weighted by atomic mass is 32.2. The minimum absolute atomic E-state index is 0.00817. The maximum absolute atomic E-state index is 13.1. The number of hydrogen-bond donors (Lipinski definition) is 3. The van der Waals surface area contributed by atoms with Crippen molar-refractivity contribution in [2.75, 3.05) is 12.4 Å². The predicted octanol–water partition coefficient (Wildman–Crippen LogP) is 3.21. The molecule has 0 spiro atoms. The Kier molecular flexibility index (Phi) is 10.7. The van der Waals surface area contributed by atoms with Crippen LogP contribution in [-0.4, -0.2) is 83.1 Å². The van der Waals surface area contributed by atoms with Gasteiger partial charge in [-0.05, 0) is 69.6 Å². The van der Waals surface area contributed by atoms with E-state index >= 15 is 0 Å². The van der Waals surface area contributed by atoms with E-state index in [0.29, 0.717) is 32.3 Å². The Morgan fingerprint density at radius 3 is 2.32 bits per heavy atom. The molecule has 0 aromatic carbocycles. The summed E-state index contributed by atoms with van der Waals surface area (Å²) in [5, 5.41) is 12.7. The van der Waals surface area contributed by atoms with Crippen LogP contribution in [0.4, 0.5) is 0 Å². The van der Waals surface area contributed by atoms with Crippen LogP contribution < -0.4 is 5.32 Å². The number of nitrogens with zero attached hydrogens (tertiary/aromatic N) is 1. The number of amides is 1. The van der Waals surface area contributed by atoms with Crippen LogP contribution in [0.1, 0.15) is 98.8 Å². The Bertz CT molecular complexity index is 1110. The zero-order valence-electron chi connectivity index (χ0n) is 25.1. The van der Waals surface area contributed by atoms with Gasteiger partial charge in [0.05, 0.1) is 23.8 Å². The van der Waals surface area contributed by atoms with E-state index in [1.807, 2.05) is 20.8 Å². The molecule has 12 heteroatoms. The first-order valence-corrected chi connectivity index (χ1v) is 16.7. The van der Waals surface area contributed by atoms with E-state index < -0.39 is 45.4 Å². The third kappa shape index (κ3) is 6.96. The highest BCUT2D eigenvalue weighted by Crippen LogP contribution is 2.64. The van der Waals surface area contributed by atoms with Gasteiger partial charge in [0.1, 0.15) is 17.9 Å². The second-order valence-electron chi connectivity index (χ2n) is 12.8. The lowest BCUT2D eigenvalue weighted by molar-refractivity contribution is -0.152. The first-order chi connectivity index (χ1) is 19.1. The molecule has 234 valence electrons. The van der Waals surface area contributed by atoms with Crippen LogP contribution in [0.3, 0.4) is 0 Å². The van der Waals surface area contributed by atoms with Crippen molar-refractivity contribution < 1.29 is 42.0 Å². The van der Waals surface area contributed by atoms with Crippen LogP contribution in [0.2, 0.25) is 0 Å². The average molecular weight is 601 g/mol. The van der Waals surface area contributed by atoms with Crippen LogP contribution >= 0.6 is 0 Å². The third-order valence-electron chi connectivity index (χ3n) is 10.2. The quantitative estimate of drug-likeness (QED) is 0.250. The number of carboxylic acid groups (broad SMARTS) is 1. The van der Waals surface area contributed by atoms with Crippen molar-refractivity contribution in [2.24, 2.45) is 22.7 Å². The van der Waals surface area contributed by atoms with Gasteiger partial charge in [0.25, 0.3) is 10.1 Å². The number of esters is 1. The predicted molar refractivity (Wildman–Crippen MR) is 152 cm³/mol. The molecule has 4 aliphatic rings. The lowest BCUT2D eigenvalue weighted by Crippen LogP contribution is -2.55. The summed E-state index contributed by atoms with van der Waals surface area (Å²) in [5.41, 5.74) is -1.12. The maximum Gasteiger partial charge on any atom is 0.326 e. The third-order valence-corrected chi connectivity index (χ3v) is 11.0. The number of ketones is 1. The molecule has 41 heavy (non-hydrogen) atoms. The van der Waals surface area contributed by atoms with Crippen molar-refractivity contribution in [3.8, 4) is 0 Å². The number of rotatable bonds is 10. The number of nitrogens with one attached hydrogen (secondary N) is 1. The fraction of sp³-hybridized carbons (Fsp3) is 0.862. The number of aliphatic carboxylic acids is 1. The number of likely N-dealkylation sites (tertiary alicyclic amines) is 1. The van der Waals surface area contributed by atoms with E-state index in [9.17, 15) is 32.7 Å². The van der Waals surface area contributed by atoms with Crippen LogP contribution in [0.5, 0.6) is 0 Å². The van der Waals surface area contributed by atoms with Gasteiger partial charge < -0.3 is 14.7 Å². The van der Waals surface area contributed by atoms with Crippen molar-refractivity contribution in [2.45, 2.75) is 123 Å². The van der Waals surface area contributed by atoms with E-state index in [0.717, 1.165) is 38.5 Å². The molecule has 3 aliphatic carbocycles. The van der Waals surface area contributed by atoms with E-state index in [1.54, 1.807) is 18.7 Å². The van der Waals surface area contributed by atoms with Crippen molar-refractivity contribution in [3.63, 3.8) is 0 Å². The molecule has 3 saturated carbocycles. The van der Waals surface area contributed by atoms with Gasteiger partial charge in [0.15, 0.2) is 0 Å². The number of carbonyl (C=O) groups is 4. The summed E-state index contributed by atoms with van der Waals surface area (Å²) < 4.78 is 36.1. The first kappa shape index (κ1) is 33.5. The number of Topliss-reactive ketones (excluding diaryl/α,β-unsaturated/α-hetero) is 1. The fourth-order valence-electron chi connectivity index (χ4n) is 7.81. The normalized spacial score (nSPS) is 31.6. The largest absolute Gasteiger partial charge is 0.480 e. The van der Waals surface area contributed by atoms with E-state index in [1.165, 1.54) is 0 Å². The van der Waals surface area contributed by atoms with Gasteiger partial charge in [-0.1, -0.05) is 40.0 Å². The summed E-state index contributed by atoms with van der Waals surface area (Å²) >= 11 is 0. The van der Waals surface area contributed by atoms with E-state index in [2.05, 4.69) is 5.32 Å². The Morgan fingerprint density at radius 2 is 1.80 bits per heavy atom. The summed E-state index contributed by atoms with van der Waals surface area (Å²) in [5.74, 6) is -1.35. The first-order valence-electron chi connectivity index (χ1n) is 15.1. The molecule has 4 fully saturated rings. The average Bonchev–Trinajstić information content (AvgIpc) is 3.44. The second-order valence-corrected chi connectivity index (χ2v) is 14.3. The molecule has 1 heterocycles. The number of fused-ring (bicyclic) bond motifs is 3. The van der Waals surface area contributed by atoms with Gasteiger partial charge in [-0.3, -0.25) is 24.3 Å². The molecule has 1 aliphatic heterocycles. The lowest BCUT2D eigenvalue weighted by atomic mass is 9.70. The second kappa shape index (κ2) is 13.1. The molecule has 4 rings (SSSR count). The van der Waals surface area contributed by atoms with Crippen LogP contribution in [-0.2, 0) is 34.0 Å². The molecule has 1 saturated heterocycles. The molecule has 1 amide bonds. The molecule has 0 aromatic heterocycles. The summed E-state index contributed by atoms with van der Waals surface area (Å²) in [4.78, 5) is 50.4. The zero-order valence-corrected chi connectivity index (χ0v) is 25.9. The Balaban J connectivity index is 0.000000260. The molecule has 2 unspecified atom stereocenters. The Labute approximate surface area is 243 Å². The monoisotopic (exact) mass is 600 g/mol. The highest BCUT2D eigenvalue weighted by Gasteiger charge is 2.65. The molecular formula is C29H48N2O9S. The molecule has 2 bridgehead atoms. The maximum atomic E-state index is 13.1. The molecular weight excluding hydrogens is 552 g/mol. The number of carbonyl (C=O) groups excluding carboxylic acids is 3. The van der Waals surface area contributed by atoms with Crippen LogP contribution in [0.25, 0.3) is 0 Å². The van der Waals surface area contributed by atoms with E-state index in [-0.39, 0.29) is 41.0 Å². The lowest BCUT2D eigenvalue weighted by Gasteiger charge is -2.35. The van der Waals surface area contributed by atoms with Gasteiger partial charge >= 0.3 is 11.9 Å². The Hall–Kier alpha value is -2.05. The van der Waals surface area contributed by atoms with Crippen LogP contribution in [0.15, 0.2) is 0 Å². The number of ether oxygens (including phenoxy) is 1. The van der Waals surface area contributed by atoms with Gasteiger partial charge in [-0.2, -0.15) is 8.42 Å². The smallest absolute Gasteiger partial charge is 0.326 e. The van der Waals surface area contributed by atoms with Gasteiger partial charge in [0.2, 0.25) is 5.91 Å². The van der Waals surface area contributed by atoms with Crippen molar-refractivity contribution in [1.29, 1.82) is 0 Å². The fourth-order valence-corrected chi connectivity index (χ4v) is 9.11. The number of hydrogen-bond acceptors (Lipinski definition) is 8. The van der Waals surface area contributed by atoms with Gasteiger partial charge in [-0.25, -0.2) is 4.79 Å². The van der Waals surface area contributed by atoms with E-state index in [4.69, 9.17) is 9.29 Å². The van der Waals surface area contributed by atoms with Crippen molar-refractivity contribution in [3.05, 3.63) is 0 Å². The molecule has 3 N–H and O–H groups in total. The van der Waals surface area contributed by atoms with Crippen molar-refractivity contribution >= 4 is 33.7 Å². The number of carboxylic acids is 1. The molecule has 0 aromatic rings. The molecule has 7 atom stereocenters. The highest BCUT2D eigenvalue weighted by molar-refractivity contribution is 7.85. The minimum atomic E-state index is -4.08. The summed E-state index contributed by atoms with van der Waals surface area (Å²) in [7, 11) is -4.08. The summed E-state index contributed by atoms with van der Waals surface area (Å²) in [6.45, 7) is 9.61. The SMILES string of the molecule is CC1(C)C2CCC1(CS(=O)(=O)O)C(=O)C2.CCC[C@H](N[C@@H](C)C(=O)N1[C@H](C(=O)O)C[C@@H]2CCCC[C@@H]21)C(=O)OCC. The summed E-state index contributed by atoms with van der Waals surface area (Å²) in [6, 6.07) is -1.92. The van der Waals surface area contributed by atoms with Gasteiger partial charge in [0, 0.05) is 12.5 Å².